The molecule has 4 nitrogen and oxygen atoms in total. The van der Waals surface area contributed by atoms with Gasteiger partial charge in [0.25, 0.3) is 5.91 Å². The molecule has 1 amide bonds. The van der Waals surface area contributed by atoms with Crippen LogP contribution in [0, 0.1) is 0 Å². The fraction of sp³-hybridized carbons (Fsp3) is 0. The topological polar surface area (TPSA) is 54.4 Å². The van der Waals surface area contributed by atoms with E-state index in [0.29, 0.717) is 10.7 Å². The number of nitrogens with zero attached hydrogens (tertiary/aromatic N) is 2. The van der Waals surface area contributed by atoms with Crippen molar-refractivity contribution in [2.75, 3.05) is 0 Å². The second-order valence-corrected chi connectivity index (χ2v) is 5.08. The predicted molar refractivity (Wildman–Crippen MR) is 88.3 cm³/mol. The molecule has 3 aromatic rings. The third-order valence-corrected chi connectivity index (χ3v) is 3.33. The highest BCUT2D eigenvalue weighted by Crippen LogP contribution is 2.11. The molecule has 22 heavy (non-hydrogen) atoms. The molecule has 1 aromatic heterocycles. The Labute approximate surface area is 132 Å². The monoisotopic (exact) mass is 309 g/mol. The van der Waals surface area contributed by atoms with Crippen LogP contribution < -0.4 is 5.43 Å². The van der Waals surface area contributed by atoms with Gasteiger partial charge in [-0.15, -0.1) is 0 Å². The maximum absolute atomic E-state index is 12.0. The molecule has 0 spiro atoms. The molecule has 5 heteroatoms. The van der Waals surface area contributed by atoms with Gasteiger partial charge in [0, 0.05) is 10.4 Å². The summed E-state index contributed by atoms with van der Waals surface area (Å²) in [7, 11) is 0. The summed E-state index contributed by atoms with van der Waals surface area (Å²) in [5, 5.41) is 5.56. The van der Waals surface area contributed by atoms with Crippen LogP contribution in [0.5, 0.6) is 0 Å². The predicted octanol–water partition coefficient (Wildman–Crippen LogP) is 3.65. The standard InChI is InChI=1S/C17H12ClN3O/c18-14-8-5-12(6-9-14)11-19-21-17(22)16-10-7-13-3-1-2-4-15(13)20-16/h1-11H,(H,21,22). The third-order valence-electron chi connectivity index (χ3n) is 3.08. The molecule has 0 saturated carbocycles. The van der Waals surface area contributed by atoms with Crippen molar-refractivity contribution in [1.29, 1.82) is 0 Å². The Morgan fingerprint density at radius 1 is 1.05 bits per heavy atom. The van der Waals surface area contributed by atoms with Gasteiger partial charge in [-0.1, -0.05) is 48.0 Å². The zero-order valence-corrected chi connectivity index (χ0v) is 12.3. The number of carbonyl (C=O) groups excluding carboxylic acids is 1. The fourth-order valence-corrected chi connectivity index (χ4v) is 2.09. The normalized spacial score (nSPS) is 11.0. The third kappa shape index (κ3) is 3.30. The zero-order chi connectivity index (χ0) is 15.4. The van der Waals surface area contributed by atoms with E-state index in [-0.39, 0.29) is 5.91 Å². The highest BCUT2D eigenvalue weighted by atomic mass is 35.5. The number of amides is 1. The number of para-hydroxylation sites is 1. The van der Waals surface area contributed by atoms with Crippen LogP contribution in [0.1, 0.15) is 16.1 Å². The molecule has 0 unspecified atom stereocenters. The smallest absolute Gasteiger partial charge is 0.266 e. The number of fused-ring (bicyclic) bond motifs is 1. The highest BCUT2D eigenvalue weighted by molar-refractivity contribution is 6.30. The summed E-state index contributed by atoms with van der Waals surface area (Å²) in [5.74, 6) is -0.351. The second-order valence-electron chi connectivity index (χ2n) is 4.64. The van der Waals surface area contributed by atoms with Crippen LogP contribution in [-0.4, -0.2) is 17.1 Å². The van der Waals surface area contributed by atoms with E-state index in [9.17, 15) is 4.79 Å². The molecular formula is C17H12ClN3O. The Morgan fingerprint density at radius 2 is 1.82 bits per heavy atom. The first-order valence-electron chi connectivity index (χ1n) is 6.67. The van der Waals surface area contributed by atoms with Gasteiger partial charge >= 0.3 is 0 Å². The van der Waals surface area contributed by atoms with Gasteiger partial charge in [0.15, 0.2) is 0 Å². The molecule has 108 valence electrons. The first-order chi connectivity index (χ1) is 10.7. The Bertz CT molecular complexity index is 844. The lowest BCUT2D eigenvalue weighted by molar-refractivity contribution is 0.0950. The Morgan fingerprint density at radius 3 is 2.64 bits per heavy atom. The van der Waals surface area contributed by atoms with E-state index in [0.717, 1.165) is 16.5 Å². The zero-order valence-electron chi connectivity index (χ0n) is 11.5. The minimum atomic E-state index is -0.351. The van der Waals surface area contributed by atoms with Crippen LogP contribution in [0.3, 0.4) is 0 Å². The molecule has 1 heterocycles. The number of nitrogens with one attached hydrogen (secondary N) is 1. The summed E-state index contributed by atoms with van der Waals surface area (Å²) in [5.41, 5.74) is 4.41. The maximum atomic E-state index is 12.0. The molecule has 0 aliphatic heterocycles. The number of carbonyl (C=O) groups is 1. The van der Waals surface area contributed by atoms with E-state index in [1.807, 2.05) is 42.5 Å². The lowest BCUT2D eigenvalue weighted by Gasteiger charge is -2.01. The van der Waals surface area contributed by atoms with Gasteiger partial charge in [0.05, 0.1) is 11.7 Å². The minimum absolute atomic E-state index is 0.326. The SMILES string of the molecule is O=C(NN=Cc1ccc(Cl)cc1)c1ccc2ccccc2n1. The molecule has 1 N–H and O–H groups in total. The van der Waals surface area contributed by atoms with Gasteiger partial charge in [-0.3, -0.25) is 4.79 Å². The van der Waals surface area contributed by atoms with Gasteiger partial charge in [-0.25, -0.2) is 10.4 Å². The molecule has 3 rings (SSSR count). The number of aromatic nitrogens is 1. The minimum Gasteiger partial charge on any atom is -0.266 e. The van der Waals surface area contributed by atoms with Gasteiger partial charge in [-0.05, 0) is 29.8 Å². The van der Waals surface area contributed by atoms with Crippen LogP contribution in [0.4, 0.5) is 0 Å². The molecule has 0 aliphatic carbocycles. The Balaban J connectivity index is 1.71. The number of rotatable bonds is 3. The summed E-state index contributed by atoms with van der Waals surface area (Å²) in [6.45, 7) is 0. The van der Waals surface area contributed by atoms with Gasteiger partial charge in [0.1, 0.15) is 5.69 Å². The van der Waals surface area contributed by atoms with Gasteiger partial charge in [-0.2, -0.15) is 5.10 Å². The Hall–Kier alpha value is -2.72. The van der Waals surface area contributed by atoms with Crippen molar-refractivity contribution in [3.8, 4) is 0 Å². The largest absolute Gasteiger partial charge is 0.289 e. The number of hydrogen-bond donors (Lipinski definition) is 1. The van der Waals surface area contributed by atoms with Crippen LogP contribution in [0.2, 0.25) is 5.02 Å². The van der Waals surface area contributed by atoms with Crippen molar-refractivity contribution in [3.05, 3.63) is 76.9 Å². The molecule has 0 radical (unpaired) electrons. The van der Waals surface area contributed by atoms with Crippen molar-refractivity contribution in [1.82, 2.24) is 10.4 Å². The van der Waals surface area contributed by atoms with Crippen LogP contribution in [0.15, 0.2) is 65.8 Å². The lowest BCUT2D eigenvalue weighted by Crippen LogP contribution is -2.18. The highest BCUT2D eigenvalue weighted by Gasteiger charge is 2.06. The fourth-order valence-electron chi connectivity index (χ4n) is 1.96. The first kappa shape index (κ1) is 14.2. The van der Waals surface area contributed by atoms with Gasteiger partial charge in [0.2, 0.25) is 0 Å². The van der Waals surface area contributed by atoms with E-state index in [1.165, 1.54) is 0 Å². The van der Waals surface area contributed by atoms with E-state index in [1.54, 1.807) is 24.4 Å². The molecule has 0 saturated heterocycles. The summed E-state index contributed by atoms with van der Waals surface area (Å²) in [4.78, 5) is 16.3. The van der Waals surface area contributed by atoms with E-state index in [2.05, 4.69) is 15.5 Å². The number of benzene rings is 2. The summed E-state index contributed by atoms with van der Waals surface area (Å²) in [6, 6.07) is 18.3. The maximum Gasteiger partial charge on any atom is 0.289 e. The van der Waals surface area contributed by atoms with Crippen LogP contribution in [0.25, 0.3) is 10.9 Å². The average Bonchev–Trinajstić information content (AvgIpc) is 2.56. The quantitative estimate of drug-likeness (QED) is 0.593. The van der Waals surface area contributed by atoms with E-state index >= 15 is 0 Å². The molecule has 0 fully saturated rings. The number of hydrazone groups is 1. The number of hydrogen-bond acceptors (Lipinski definition) is 3. The van der Waals surface area contributed by atoms with Crippen molar-refractivity contribution >= 4 is 34.6 Å². The second kappa shape index (κ2) is 6.37. The molecule has 2 aromatic carbocycles. The average molecular weight is 310 g/mol. The van der Waals surface area contributed by atoms with Crippen LogP contribution in [-0.2, 0) is 0 Å². The molecule has 0 aliphatic rings. The molecular weight excluding hydrogens is 298 g/mol. The molecule has 0 bridgehead atoms. The summed E-state index contributed by atoms with van der Waals surface area (Å²) in [6.07, 6.45) is 1.55. The summed E-state index contributed by atoms with van der Waals surface area (Å²) >= 11 is 5.80. The van der Waals surface area contributed by atoms with E-state index < -0.39 is 0 Å². The van der Waals surface area contributed by atoms with E-state index in [4.69, 9.17) is 11.6 Å². The number of pyridine rings is 1. The Kier molecular flexibility index (Phi) is 4.12. The lowest BCUT2D eigenvalue weighted by atomic mass is 10.2. The van der Waals surface area contributed by atoms with Crippen molar-refractivity contribution < 1.29 is 4.79 Å². The van der Waals surface area contributed by atoms with Crippen LogP contribution >= 0.6 is 11.6 Å². The van der Waals surface area contributed by atoms with Crippen molar-refractivity contribution in [2.45, 2.75) is 0 Å². The summed E-state index contributed by atoms with van der Waals surface area (Å²) < 4.78 is 0. The van der Waals surface area contributed by atoms with Gasteiger partial charge < -0.3 is 0 Å². The first-order valence-corrected chi connectivity index (χ1v) is 7.05. The van der Waals surface area contributed by atoms with Crippen molar-refractivity contribution in [2.24, 2.45) is 5.10 Å². The number of halogens is 1. The molecule has 0 atom stereocenters. The van der Waals surface area contributed by atoms with Crippen molar-refractivity contribution in [3.63, 3.8) is 0 Å².